The average Bonchev–Trinajstić information content (AvgIpc) is 2.92. The molecular weight excluding hydrogens is 494 g/mol. The number of hydrogen-bond acceptors (Lipinski definition) is 7. The van der Waals surface area contributed by atoms with Crippen molar-refractivity contribution in [3.8, 4) is 0 Å². The maximum Gasteiger partial charge on any atom is 0.325 e. The standard InChI is InChI=1S/C30H39N5O4/c1-17(2)27-28(36)33-20(5)29(37)35-13-7-8-26(34-35)30(38)39-21(6)22-10-11-23-16-31-25(15-24(23)14-22)12-9-18(3)19(4)32-27/h9-12,14-18,20-21,26-27,32,34H,4,7-8,13H2,1-3,5-6H3,(H,33,36)/b12-9+/t18?,20-,21+,26-,27-/m0/s1. The molecule has 3 heterocycles. The van der Waals surface area contributed by atoms with Gasteiger partial charge in [0.05, 0.1) is 5.69 Å². The van der Waals surface area contributed by atoms with E-state index in [2.05, 4.69) is 27.6 Å². The minimum absolute atomic E-state index is 0.0487. The summed E-state index contributed by atoms with van der Waals surface area (Å²) in [5, 5.41) is 9.49. The molecule has 1 unspecified atom stereocenters. The highest BCUT2D eigenvalue weighted by atomic mass is 16.5. The normalized spacial score (nSPS) is 28.2. The summed E-state index contributed by atoms with van der Waals surface area (Å²) in [4.78, 5) is 44.0. The summed E-state index contributed by atoms with van der Waals surface area (Å²) in [6.45, 7) is 14.0. The summed E-state index contributed by atoms with van der Waals surface area (Å²) in [6.07, 6.45) is 6.45. The summed E-state index contributed by atoms with van der Waals surface area (Å²) >= 11 is 0. The minimum atomic E-state index is -0.787. The van der Waals surface area contributed by atoms with Gasteiger partial charge in [-0.25, -0.2) is 5.43 Å². The Balaban J connectivity index is 1.67. The summed E-state index contributed by atoms with van der Waals surface area (Å²) in [5.74, 6) is -1.15. The first kappa shape index (κ1) is 28.3. The lowest BCUT2D eigenvalue weighted by Crippen LogP contribution is -2.60. The fourth-order valence-corrected chi connectivity index (χ4v) is 4.78. The van der Waals surface area contributed by atoms with Crippen LogP contribution in [-0.4, -0.2) is 52.4 Å². The second kappa shape index (κ2) is 12.0. The van der Waals surface area contributed by atoms with Gasteiger partial charge in [-0.1, -0.05) is 45.6 Å². The molecule has 0 radical (unpaired) electrons. The molecule has 9 nitrogen and oxygen atoms in total. The maximum atomic E-state index is 13.2. The number of carbonyl (C=O) groups excluding carboxylic acids is 3. The number of ether oxygens (including phenoxy) is 1. The number of amides is 2. The Hall–Kier alpha value is -3.72. The van der Waals surface area contributed by atoms with Crippen molar-refractivity contribution in [2.45, 2.75) is 71.7 Å². The van der Waals surface area contributed by atoms with E-state index in [1.165, 1.54) is 5.01 Å². The monoisotopic (exact) mass is 533 g/mol. The molecule has 3 N–H and O–H groups in total. The Bertz CT molecular complexity index is 1290. The Kier molecular flexibility index (Phi) is 8.70. The third kappa shape index (κ3) is 6.65. The van der Waals surface area contributed by atoms with Crippen LogP contribution >= 0.6 is 0 Å². The van der Waals surface area contributed by atoms with Gasteiger partial charge in [0.2, 0.25) is 5.91 Å². The van der Waals surface area contributed by atoms with Gasteiger partial charge < -0.3 is 15.4 Å². The Morgan fingerprint density at radius 3 is 2.59 bits per heavy atom. The number of hydrogen-bond donors (Lipinski definition) is 3. The lowest BCUT2D eigenvalue weighted by atomic mass is 10.00. The number of pyridine rings is 1. The second-order valence-corrected chi connectivity index (χ2v) is 10.9. The molecule has 5 atom stereocenters. The maximum absolute atomic E-state index is 13.2. The molecule has 2 aliphatic heterocycles. The van der Waals surface area contributed by atoms with Gasteiger partial charge in [-0.05, 0) is 61.8 Å². The summed E-state index contributed by atoms with van der Waals surface area (Å²) < 4.78 is 5.81. The molecule has 2 aliphatic rings. The van der Waals surface area contributed by atoms with Gasteiger partial charge in [0, 0.05) is 29.7 Å². The lowest BCUT2D eigenvalue weighted by Gasteiger charge is -2.35. The van der Waals surface area contributed by atoms with Gasteiger partial charge in [0.25, 0.3) is 5.91 Å². The first-order valence-corrected chi connectivity index (χ1v) is 13.6. The molecule has 5 bridgehead atoms. The van der Waals surface area contributed by atoms with Crippen molar-refractivity contribution in [1.29, 1.82) is 0 Å². The van der Waals surface area contributed by atoms with Crippen LogP contribution in [0, 0.1) is 11.8 Å². The van der Waals surface area contributed by atoms with Gasteiger partial charge in [0.15, 0.2) is 0 Å². The van der Waals surface area contributed by atoms with Crippen LogP contribution in [0.3, 0.4) is 0 Å². The van der Waals surface area contributed by atoms with Gasteiger partial charge in [-0.15, -0.1) is 0 Å². The number of aromatic nitrogens is 1. The molecule has 0 saturated carbocycles. The second-order valence-electron chi connectivity index (χ2n) is 10.9. The van der Waals surface area contributed by atoms with Crippen LogP contribution in [-0.2, 0) is 19.1 Å². The molecule has 1 aromatic carbocycles. The van der Waals surface area contributed by atoms with Crippen LogP contribution in [0.25, 0.3) is 16.8 Å². The fraction of sp³-hybridized carbons (Fsp3) is 0.467. The first-order chi connectivity index (χ1) is 18.5. The fourth-order valence-electron chi connectivity index (χ4n) is 4.78. The van der Waals surface area contributed by atoms with Crippen LogP contribution in [0.2, 0.25) is 0 Å². The van der Waals surface area contributed by atoms with Crippen molar-refractivity contribution in [3.05, 3.63) is 60.1 Å². The van der Waals surface area contributed by atoms with Gasteiger partial charge in [-0.3, -0.25) is 24.4 Å². The molecule has 2 aromatic rings. The van der Waals surface area contributed by atoms with Crippen molar-refractivity contribution in [1.82, 2.24) is 26.1 Å². The summed E-state index contributed by atoms with van der Waals surface area (Å²) in [5.41, 5.74) is 5.37. The van der Waals surface area contributed by atoms with E-state index in [1.54, 1.807) is 6.92 Å². The van der Waals surface area contributed by atoms with Crippen LogP contribution in [0.1, 0.15) is 64.8 Å². The zero-order chi connectivity index (χ0) is 28.3. The number of nitrogens with one attached hydrogen (secondary N) is 3. The number of hydrazine groups is 1. The van der Waals surface area contributed by atoms with E-state index in [4.69, 9.17) is 4.74 Å². The van der Waals surface area contributed by atoms with E-state index in [0.717, 1.165) is 22.0 Å². The molecule has 39 heavy (non-hydrogen) atoms. The molecule has 1 fully saturated rings. The smallest absolute Gasteiger partial charge is 0.325 e. The van der Waals surface area contributed by atoms with E-state index in [9.17, 15) is 14.4 Å². The lowest BCUT2D eigenvalue weighted by molar-refractivity contribution is -0.157. The highest BCUT2D eigenvalue weighted by molar-refractivity contribution is 5.90. The number of nitrogens with zero attached hydrogens (tertiary/aromatic N) is 2. The van der Waals surface area contributed by atoms with Crippen molar-refractivity contribution < 1.29 is 19.1 Å². The zero-order valence-corrected chi connectivity index (χ0v) is 23.4. The molecule has 4 rings (SSSR count). The van der Waals surface area contributed by atoms with Crippen molar-refractivity contribution >= 4 is 34.6 Å². The summed E-state index contributed by atoms with van der Waals surface area (Å²) in [6, 6.07) is 5.89. The molecule has 0 aliphatic carbocycles. The summed E-state index contributed by atoms with van der Waals surface area (Å²) in [7, 11) is 0. The highest BCUT2D eigenvalue weighted by Crippen LogP contribution is 2.25. The Morgan fingerprint density at radius 2 is 1.85 bits per heavy atom. The van der Waals surface area contributed by atoms with E-state index in [-0.39, 0.29) is 23.7 Å². The number of fused-ring (bicyclic) bond motifs is 4. The predicted octanol–water partition coefficient (Wildman–Crippen LogP) is 3.63. The van der Waals surface area contributed by atoms with Crippen LogP contribution < -0.4 is 16.1 Å². The number of benzene rings is 1. The number of allylic oxidation sites excluding steroid dienone is 1. The number of esters is 1. The quantitative estimate of drug-likeness (QED) is 0.480. The van der Waals surface area contributed by atoms with E-state index in [0.29, 0.717) is 25.1 Å². The number of cyclic esters (lactones) is 1. The molecule has 208 valence electrons. The van der Waals surface area contributed by atoms with Gasteiger partial charge in [0.1, 0.15) is 24.2 Å². The number of rotatable bonds is 1. The van der Waals surface area contributed by atoms with Gasteiger partial charge in [-0.2, -0.15) is 0 Å². The molecule has 2 amide bonds. The zero-order valence-electron chi connectivity index (χ0n) is 23.4. The number of carbonyl (C=O) groups is 3. The molecule has 0 spiro atoms. The first-order valence-electron chi connectivity index (χ1n) is 13.6. The van der Waals surface area contributed by atoms with Crippen LogP contribution in [0.5, 0.6) is 0 Å². The molecular formula is C30H39N5O4. The Labute approximate surface area is 230 Å². The SMILES string of the molecule is C=C1N[C@@H](C(C)C)C(=O)N[C@@H](C)C(=O)N2CCC[C@H](N2)C(=O)O[C@H](C)c2ccc3cnc(cc3c2)/C=C/C1C. The largest absolute Gasteiger partial charge is 0.457 e. The van der Waals surface area contributed by atoms with Crippen LogP contribution in [0.4, 0.5) is 0 Å². The van der Waals surface area contributed by atoms with E-state index >= 15 is 0 Å². The molecule has 9 heteroatoms. The van der Waals surface area contributed by atoms with E-state index < -0.39 is 30.2 Å². The predicted molar refractivity (Wildman–Crippen MR) is 151 cm³/mol. The topological polar surface area (TPSA) is 113 Å². The third-order valence-electron chi connectivity index (χ3n) is 7.39. The van der Waals surface area contributed by atoms with Crippen molar-refractivity contribution in [2.24, 2.45) is 11.8 Å². The minimum Gasteiger partial charge on any atom is -0.457 e. The Morgan fingerprint density at radius 1 is 1.08 bits per heavy atom. The molecule has 1 saturated heterocycles. The molecule has 1 aromatic heterocycles. The third-order valence-corrected chi connectivity index (χ3v) is 7.39. The van der Waals surface area contributed by atoms with Crippen molar-refractivity contribution in [2.75, 3.05) is 6.54 Å². The average molecular weight is 534 g/mol. The van der Waals surface area contributed by atoms with Gasteiger partial charge >= 0.3 is 5.97 Å². The van der Waals surface area contributed by atoms with Crippen molar-refractivity contribution in [3.63, 3.8) is 0 Å². The van der Waals surface area contributed by atoms with E-state index in [1.807, 2.05) is 70.3 Å². The van der Waals surface area contributed by atoms with Crippen LogP contribution in [0.15, 0.2) is 48.8 Å². The highest BCUT2D eigenvalue weighted by Gasteiger charge is 2.33.